The van der Waals surface area contributed by atoms with Crippen molar-refractivity contribution in [3.63, 3.8) is 0 Å². The van der Waals surface area contributed by atoms with E-state index in [4.69, 9.17) is 9.97 Å². The first-order valence-electron chi connectivity index (χ1n) is 15.6. The topological polar surface area (TPSA) is 30.7 Å². The number of aromatic nitrogens is 3. The van der Waals surface area contributed by atoms with E-state index >= 15 is 0 Å². The molecular formula is C42H23N3S. The van der Waals surface area contributed by atoms with E-state index in [0.717, 1.165) is 43.8 Å². The van der Waals surface area contributed by atoms with Crippen molar-refractivity contribution in [3.8, 4) is 39.3 Å². The van der Waals surface area contributed by atoms with Crippen molar-refractivity contribution in [2.75, 3.05) is 0 Å². The lowest BCUT2D eigenvalue weighted by molar-refractivity contribution is 1.09. The van der Waals surface area contributed by atoms with Crippen LogP contribution in [-0.2, 0) is 0 Å². The summed E-state index contributed by atoms with van der Waals surface area (Å²) < 4.78 is 3.55. The molecule has 212 valence electrons. The molecule has 3 aromatic heterocycles. The molecule has 10 aromatic rings. The van der Waals surface area contributed by atoms with Crippen LogP contribution in [0.25, 0.3) is 103 Å². The zero-order chi connectivity index (χ0) is 29.9. The molecule has 0 aliphatic heterocycles. The van der Waals surface area contributed by atoms with Gasteiger partial charge in [0.15, 0.2) is 5.82 Å². The second kappa shape index (κ2) is 8.87. The van der Waals surface area contributed by atoms with Gasteiger partial charge in [0.1, 0.15) is 16.0 Å². The van der Waals surface area contributed by atoms with Crippen molar-refractivity contribution in [2.45, 2.75) is 0 Å². The van der Waals surface area contributed by atoms with E-state index in [1.165, 1.54) is 59.3 Å². The first-order chi connectivity index (χ1) is 22.8. The predicted octanol–water partition coefficient (Wildman–Crippen LogP) is 11.6. The van der Waals surface area contributed by atoms with E-state index < -0.39 is 0 Å². The molecule has 3 nitrogen and oxygen atoms in total. The van der Waals surface area contributed by atoms with Crippen LogP contribution < -0.4 is 0 Å². The second-order valence-electron chi connectivity index (χ2n) is 12.2. The molecule has 11 rings (SSSR count). The quantitative estimate of drug-likeness (QED) is 0.197. The second-order valence-corrected chi connectivity index (χ2v) is 13.2. The van der Waals surface area contributed by atoms with Crippen molar-refractivity contribution in [1.29, 1.82) is 0 Å². The van der Waals surface area contributed by atoms with E-state index in [1.54, 1.807) is 11.3 Å². The molecule has 46 heavy (non-hydrogen) atoms. The maximum absolute atomic E-state index is 5.58. The van der Waals surface area contributed by atoms with E-state index in [9.17, 15) is 0 Å². The Morgan fingerprint density at radius 3 is 1.98 bits per heavy atom. The molecule has 0 atom stereocenters. The fourth-order valence-electron chi connectivity index (χ4n) is 7.75. The lowest BCUT2D eigenvalue weighted by atomic mass is 9.96. The highest BCUT2D eigenvalue weighted by molar-refractivity contribution is 7.25. The molecule has 0 radical (unpaired) electrons. The van der Waals surface area contributed by atoms with Crippen LogP contribution in [0.3, 0.4) is 0 Å². The van der Waals surface area contributed by atoms with Gasteiger partial charge >= 0.3 is 0 Å². The Morgan fingerprint density at radius 2 is 1.11 bits per heavy atom. The van der Waals surface area contributed by atoms with Crippen molar-refractivity contribution in [3.05, 3.63) is 140 Å². The third-order valence-electron chi connectivity index (χ3n) is 9.75. The average Bonchev–Trinajstić information content (AvgIpc) is 3.75. The number of hydrogen-bond acceptors (Lipinski definition) is 3. The van der Waals surface area contributed by atoms with E-state index in [1.807, 2.05) is 0 Å². The molecule has 0 bridgehead atoms. The Morgan fingerprint density at radius 1 is 0.457 bits per heavy atom. The first kappa shape index (κ1) is 24.5. The molecule has 0 unspecified atom stereocenters. The lowest BCUT2D eigenvalue weighted by Gasteiger charge is -2.15. The monoisotopic (exact) mass is 601 g/mol. The van der Waals surface area contributed by atoms with Crippen LogP contribution in [0.1, 0.15) is 0 Å². The highest BCUT2D eigenvalue weighted by Crippen LogP contribution is 2.50. The van der Waals surface area contributed by atoms with Crippen molar-refractivity contribution in [1.82, 2.24) is 14.5 Å². The molecule has 7 aromatic carbocycles. The molecule has 3 heterocycles. The summed E-state index contributed by atoms with van der Waals surface area (Å²) >= 11 is 1.72. The van der Waals surface area contributed by atoms with Gasteiger partial charge in [0.05, 0.1) is 11.0 Å². The Balaban J connectivity index is 1.31. The summed E-state index contributed by atoms with van der Waals surface area (Å²) in [5.41, 5.74) is 10.4. The molecular weight excluding hydrogens is 579 g/mol. The van der Waals surface area contributed by atoms with Crippen LogP contribution in [0.5, 0.6) is 0 Å². The Kier molecular flexibility index (Phi) is 4.72. The molecule has 0 N–H and O–H groups in total. The van der Waals surface area contributed by atoms with Gasteiger partial charge in [-0.15, -0.1) is 11.3 Å². The largest absolute Gasteiger partial charge is 0.292 e. The third kappa shape index (κ3) is 3.16. The summed E-state index contributed by atoms with van der Waals surface area (Å²) in [6, 6.07) is 50.5. The number of thiophene rings is 1. The minimum Gasteiger partial charge on any atom is -0.292 e. The highest BCUT2D eigenvalue weighted by Gasteiger charge is 2.26. The lowest BCUT2D eigenvalue weighted by Crippen LogP contribution is -2.03. The van der Waals surface area contributed by atoms with Crippen molar-refractivity contribution < 1.29 is 0 Å². The predicted molar refractivity (Wildman–Crippen MR) is 194 cm³/mol. The molecule has 0 saturated heterocycles. The summed E-state index contributed by atoms with van der Waals surface area (Å²) in [6.07, 6.45) is 0. The van der Waals surface area contributed by atoms with E-state index in [-0.39, 0.29) is 0 Å². The fraction of sp³-hybridized carbons (Fsp3) is 0. The molecule has 1 aliphatic rings. The summed E-state index contributed by atoms with van der Waals surface area (Å²) in [7, 11) is 0. The van der Waals surface area contributed by atoms with Crippen molar-refractivity contribution >= 4 is 75.1 Å². The van der Waals surface area contributed by atoms with Crippen molar-refractivity contribution in [2.24, 2.45) is 0 Å². The zero-order valence-corrected chi connectivity index (χ0v) is 25.3. The maximum atomic E-state index is 5.58. The number of rotatable bonds is 2. The first-order valence-corrected chi connectivity index (χ1v) is 16.4. The van der Waals surface area contributed by atoms with Crippen LogP contribution in [0.15, 0.2) is 140 Å². The summed E-state index contributed by atoms with van der Waals surface area (Å²) in [5, 5.41) is 8.50. The minimum absolute atomic E-state index is 0.855. The molecule has 0 fully saturated rings. The minimum atomic E-state index is 0.855. The van der Waals surface area contributed by atoms with Crippen LogP contribution in [0.4, 0.5) is 0 Å². The van der Waals surface area contributed by atoms with Gasteiger partial charge in [-0.25, -0.2) is 9.97 Å². The van der Waals surface area contributed by atoms with Gasteiger partial charge in [-0.1, -0.05) is 115 Å². The van der Waals surface area contributed by atoms with Gasteiger partial charge in [0.25, 0.3) is 0 Å². The Bertz CT molecular complexity index is 2900. The van der Waals surface area contributed by atoms with Gasteiger partial charge < -0.3 is 0 Å². The van der Waals surface area contributed by atoms with Gasteiger partial charge in [-0.3, -0.25) is 4.57 Å². The van der Waals surface area contributed by atoms with Crippen LogP contribution in [0.2, 0.25) is 0 Å². The molecule has 0 saturated carbocycles. The van der Waals surface area contributed by atoms with Gasteiger partial charge in [-0.2, -0.15) is 0 Å². The standard InChI is InChI=1S/C42H23N3S/c1-2-11-25-23-36-34(22-24(25)10-1)28-14-5-7-18-35(28)45(36)41-39(44-42-40(43-41)33-15-6-8-19-37(33)46-42)32-21-20-31-27-13-4-3-12-26(27)29-16-9-17-30(32)38(29)31/h1-23H. The average molecular weight is 602 g/mol. The number of nitrogens with zero attached hydrogens (tertiary/aromatic N) is 3. The van der Waals surface area contributed by atoms with Crippen LogP contribution in [-0.4, -0.2) is 14.5 Å². The Labute approximate surface area is 267 Å². The number of benzene rings is 7. The van der Waals surface area contributed by atoms with E-state index in [2.05, 4.69) is 144 Å². The third-order valence-corrected chi connectivity index (χ3v) is 10.8. The van der Waals surface area contributed by atoms with Crippen LogP contribution in [0, 0.1) is 0 Å². The summed E-state index contributed by atoms with van der Waals surface area (Å²) in [4.78, 5) is 12.1. The SMILES string of the molecule is c1ccc2c(c1)-c1cccc3c(-c4nc5sc6ccccc6c5nc4-n4c5ccccc5c5cc6ccccc6cc54)ccc-2c13. The summed E-state index contributed by atoms with van der Waals surface area (Å²) in [6.45, 7) is 0. The van der Waals surface area contributed by atoms with Gasteiger partial charge in [0, 0.05) is 26.4 Å². The van der Waals surface area contributed by atoms with E-state index in [0.29, 0.717) is 0 Å². The molecule has 0 spiro atoms. The zero-order valence-electron chi connectivity index (χ0n) is 24.5. The molecule has 0 amide bonds. The smallest absolute Gasteiger partial charge is 0.165 e. The highest BCUT2D eigenvalue weighted by atomic mass is 32.1. The maximum Gasteiger partial charge on any atom is 0.165 e. The number of hydrogen-bond donors (Lipinski definition) is 0. The summed E-state index contributed by atoms with van der Waals surface area (Å²) in [5.74, 6) is 0.855. The normalized spacial score (nSPS) is 12.3. The molecule has 1 aliphatic carbocycles. The molecule has 4 heteroatoms. The number of fused-ring (bicyclic) bond motifs is 10. The number of para-hydroxylation sites is 1. The Hall–Kier alpha value is -5.84. The van der Waals surface area contributed by atoms with Gasteiger partial charge in [-0.05, 0) is 68.1 Å². The van der Waals surface area contributed by atoms with Gasteiger partial charge in [0.2, 0.25) is 0 Å². The fourth-order valence-corrected chi connectivity index (χ4v) is 8.77. The van der Waals surface area contributed by atoms with Crippen LogP contribution >= 0.6 is 11.3 Å².